The largest absolute Gasteiger partial charge is 0.258 e. The van der Waals surface area contributed by atoms with Gasteiger partial charge in [-0.2, -0.15) is 5.26 Å². The number of hydrogen-bond acceptors (Lipinski definition) is 2. The zero-order valence-electron chi connectivity index (χ0n) is 5.83. The highest BCUT2D eigenvalue weighted by Crippen LogP contribution is 2.08. The van der Waals surface area contributed by atoms with Crippen molar-refractivity contribution in [2.75, 3.05) is 0 Å². The third kappa shape index (κ3) is 1.54. The minimum absolute atomic E-state index is 0.269. The Morgan fingerprint density at radius 1 is 1.27 bits per heavy atom. The van der Waals surface area contributed by atoms with Gasteiger partial charge in [-0.25, -0.2) is 0 Å². The maximum Gasteiger partial charge on any atom is 0.120 e. The molecule has 11 heavy (non-hydrogen) atoms. The van der Waals surface area contributed by atoms with Gasteiger partial charge in [-0.3, -0.25) is 5.41 Å². The topological polar surface area (TPSA) is 47.6 Å². The summed E-state index contributed by atoms with van der Waals surface area (Å²) in [6, 6.07) is 11.0. The van der Waals surface area contributed by atoms with Gasteiger partial charge in [-0.15, -0.1) is 0 Å². The van der Waals surface area contributed by atoms with Gasteiger partial charge in [0.2, 0.25) is 0 Å². The Kier molecular flexibility index (Phi) is 2.22. The minimum Gasteiger partial charge on any atom is -0.258 e. The van der Waals surface area contributed by atoms with Crippen molar-refractivity contribution in [3.8, 4) is 6.07 Å². The number of allylic oxidation sites excluding steroid dienone is 1. The van der Waals surface area contributed by atoms with Crippen molar-refractivity contribution in [1.29, 1.82) is 10.7 Å². The molecule has 1 aromatic rings. The minimum atomic E-state index is 0.269. The van der Waals surface area contributed by atoms with Crippen LogP contribution in [0, 0.1) is 16.7 Å². The molecular formula is C9H6N2. The standard InChI is InChI=1S/C9H6N2/c10-6-9(7-11)8-4-2-1-3-5-8/h1-5,10H. The van der Waals surface area contributed by atoms with Crippen molar-refractivity contribution < 1.29 is 0 Å². The smallest absolute Gasteiger partial charge is 0.120 e. The van der Waals surface area contributed by atoms with Gasteiger partial charge in [0.15, 0.2) is 0 Å². The molecule has 2 heteroatoms. The Bertz CT molecular complexity index is 326. The number of nitrogens with zero attached hydrogens (tertiary/aromatic N) is 1. The summed E-state index contributed by atoms with van der Waals surface area (Å²) < 4.78 is 0. The van der Waals surface area contributed by atoms with E-state index in [1.807, 2.05) is 24.3 Å². The molecule has 0 fully saturated rings. The van der Waals surface area contributed by atoms with Gasteiger partial charge in [0.25, 0.3) is 0 Å². The van der Waals surface area contributed by atoms with E-state index >= 15 is 0 Å². The summed E-state index contributed by atoms with van der Waals surface area (Å²) in [7, 11) is 0. The summed E-state index contributed by atoms with van der Waals surface area (Å²) in [4.78, 5) is 0. The monoisotopic (exact) mass is 142 g/mol. The van der Waals surface area contributed by atoms with E-state index in [9.17, 15) is 0 Å². The third-order valence-corrected chi connectivity index (χ3v) is 1.30. The zero-order valence-corrected chi connectivity index (χ0v) is 5.83. The molecule has 0 amide bonds. The molecule has 0 heterocycles. The molecule has 1 aromatic carbocycles. The molecule has 0 saturated heterocycles. The molecule has 0 aromatic heterocycles. The Hall–Kier alpha value is -1.84. The van der Waals surface area contributed by atoms with Gasteiger partial charge in [0, 0.05) is 5.56 Å². The molecule has 1 rings (SSSR count). The van der Waals surface area contributed by atoms with E-state index in [2.05, 4.69) is 5.87 Å². The van der Waals surface area contributed by atoms with Gasteiger partial charge in [-0.1, -0.05) is 30.3 Å². The molecule has 0 aliphatic rings. The molecule has 1 N–H and O–H groups in total. The molecule has 0 spiro atoms. The van der Waals surface area contributed by atoms with Crippen LogP contribution in [-0.2, 0) is 0 Å². The predicted octanol–water partition coefficient (Wildman–Crippen LogP) is 1.84. The molecule has 52 valence electrons. The second-order valence-corrected chi connectivity index (χ2v) is 1.98. The molecule has 0 radical (unpaired) electrons. The van der Waals surface area contributed by atoms with E-state index in [-0.39, 0.29) is 5.57 Å². The summed E-state index contributed by atoms with van der Waals surface area (Å²) in [5, 5.41) is 15.3. The second-order valence-electron chi connectivity index (χ2n) is 1.98. The fraction of sp³-hybridized carbons (Fsp3) is 0. The average Bonchev–Trinajstić information content (AvgIpc) is 2.09. The van der Waals surface area contributed by atoms with Crippen molar-refractivity contribution in [3.05, 3.63) is 35.9 Å². The van der Waals surface area contributed by atoms with E-state index in [0.29, 0.717) is 0 Å². The van der Waals surface area contributed by atoms with Crippen molar-refractivity contribution >= 4 is 11.4 Å². The van der Waals surface area contributed by atoms with E-state index in [1.54, 1.807) is 12.1 Å². The quantitative estimate of drug-likeness (QED) is 0.472. The van der Waals surface area contributed by atoms with Crippen molar-refractivity contribution in [3.63, 3.8) is 0 Å². The number of nitriles is 1. The zero-order chi connectivity index (χ0) is 8.10. The van der Waals surface area contributed by atoms with Crippen LogP contribution in [0.15, 0.2) is 30.3 Å². The summed E-state index contributed by atoms with van der Waals surface area (Å²) in [6.45, 7) is 0. The van der Waals surface area contributed by atoms with Crippen LogP contribution in [0.3, 0.4) is 0 Å². The number of hydrogen-bond donors (Lipinski definition) is 1. The highest BCUT2D eigenvalue weighted by atomic mass is 14.3. The lowest BCUT2D eigenvalue weighted by Gasteiger charge is -1.91. The maximum atomic E-state index is 8.51. The van der Waals surface area contributed by atoms with Gasteiger partial charge in [-0.05, 0) is 5.87 Å². The lowest BCUT2D eigenvalue weighted by Crippen LogP contribution is -1.78. The molecule has 0 aliphatic heterocycles. The first-order chi connectivity index (χ1) is 5.38. The van der Waals surface area contributed by atoms with E-state index in [1.165, 1.54) is 0 Å². The van der Waals surface area contributed by atoms with Crippen LogP contribution in [0.5, 0.6) is 0 Å². The Morgan fingerprint density at radius 2 is 1.91 bits per heavy atom. The lowest BCUT2D eigenvalue weighted by molar-refractivity contribution is 1.52. The summed E-state index contributed by atoms with van der Waals surface area (Å²) in [5.74, 6) is 2.07. The first-order valence-corrected chi connectivity index (χ1v) is 3.13. The van der Waals surface area contributed by atoms with Gasteiger partial charge in [0.1, 0.15) is 11.6 Å². The molecule has 0 saturated carbocycles. The molecular weight excluding hydrogens is 136 g/mol. The van der Waals surface area contributed by atoms with Crippen LogP contribution in [0.4, 0.5) is 0 Å². The van der Waals surface area contributed by atoms with Crippen LogP contribution < -0.4 is 0 Å². The van der Waals surface area contributed by atoms with Crippen molar-refractivity contribution in [2.24, 2.45) is 0 Å². The van der Waals surface area contributed by atoms with Gasteiger partial charge in [0.05, 0.1) is 0 Å². The van der Waals surface area contributed by atoms with E-state index < -0.39 is 0 Å². The predicted molar refractivity (Wildman–Crippen MR) is 43.2 cm³/mol. The molecule has 0 atom stereocenters. The van der Waals surface area contributed by atoms with Gasteiger partial charge >= 0.3 is 0 Å². The summed E-state index contributed by atoms with van der Waals surface area (Å²) in [5.41, 5.74) is 1.01. The van der Waals surface area contributed by atoms with Gasteiger partial charge < -0.3 is 0 Å². The maximum absolute atomic E-state index is 8.51. The first-order valence-electron chi connectivity index (χ1n) is 3.13. The van der Waals surface area contributed by atoms with Crippen LogP contribution >= 0.6 is 0 Å². The third-order valence-electron chi connectivity index (χ3n) is 1.30. The lowest BCUT2D eigenvalue weighted by atomic mass is 10.1. The van der Waals surface area contributed by atoms with Crippen LogP contribution in [0.25, 0.3) is 5.57 Å². The second kappa shape index (κ2) is 3.36. The number of nitrogens with one attached hydrogen (secondary N) is 1. The van der Waals surface area contributed by atoms with Crippen LogP contribution in [0.1, 0.15) is 5.56 Å². The normalized spacial score (nSPS) is 7.91. The Morgan fingerprint density at radius 3 is 2.36 bits per heavy atom. The Balaban J connectivity index is 3.15. The number of rotatable bonds is 1. The molecule has 0 bridgehead atoms. The highest BCUT2D eigenvalue weighted by Gasteiger charge is 1.95. The summed E-state index contributed by atoms with van der Waals surface area (Å²) >= 11 is 0. The average molecular weight is 142 g/mol. The first kappa shape index (κ1) is 7.27. The molecule has 0 aliphatic carbocycles. The van der Waals surface area contributed by atoms with Crippen molar-refractivity contribution in [2.45, 2.75) is 0 Å². The highest BCUT2D eigenvalue weighted by molar-refractivity contribution is 5.95. The fourth-order valence-electron chi connectivity index (χ4n) is 0.769. The number of benzene rings is 1. The molecule has 0 unspecified atom stereocenters. The Labute approximate surface area is 64.9 Å². The SMILES string of the molecule is N#CC(=C=N)c1ccccc1. The van der Waals surface area contributed by atoms with E-state index in [0.717, 1.165) is 5.56 Å². The fourth-order valence-corrected chi connectivity index (χ4v) is 0.769. The van der Waals surface area contributed by atoms with E-state index in [4.69, 9.17) is 10.7 Å². The molecule has 2 nitrogen and oxygen atoms in total. The van der Waals surface area contributed by atoms with Crippen LogP contribution in [-0.4, -0.2) is 5.87 Å². The summed E-state index contributed by atoms with van der Waals surface area (Å²) in [6.07, 6.45) is 0. The van der Waals surface area contributed by atoms with Crippen LogP contribution in [0.2, 0.25) is 0 Å². The van der Waals surface area contributed by atoms with Crippen molar-refractivity contribution in [1.82, 2.24) is 0 Å².